The van der Waals surface area contributed by atoms with Crippen LogP contribution in [0.2, 0.25) is 0 Å². The number of fused-ring (bicyclic) bond motifs is 1. The number of ether oxygens (including phenoxy) is 3. The number of aliphatic hydroxyl groups excluding tert-OH is 1. The molecule has 3 amide bonds. The molecule has 1 aromatic carbocycles. The highest BCUT2D eigenvalue weighted by atomic mass is 16.5. The van der Waals surface area contributed by atoms with Crippen LogP contribution in [-0.2, 0) is 33.4 Å². The van der Waals surface area contributed by atoms with Crippen molar-refractivity contribution in [2.45, 2.75) is 75.8 Å². The lowest BCUT2D eigenvalue weighted by Gasteiger charge is -2.41. The van der Waals surface area contributed by atoms with Gasteiger partial charge in [-0.15, -0.1) is 13.2 Å². The third-order valence-corrected chi connectivity index (χ3v) is 11.1. The summed E-state index contributed by atoms with van der Waals surface area (Å²) in [5.41, 5.74) is -0.472. The van der Waals surface area contributed by atoms with Crippen molar-refractivity contribution >= 4 is 23.7 Å². The zero-order valence-corrected chi connectivity index (χ0v) is 29.5. The molecule has 12 heteroatoms. The van der Waals surface area contributed by atoms with Gasteiger partial charge in [-0.3, -0.25) is 24.1 Å². The van der Waals surface area contributed by atoms with Gasteiger partial charge in [-0.05, 0) is 30.7 Å². The number of esters is 1. The quantitative estimate of drug-likeness (QED) is 0.175. The van der Waals surface area contributed by atoms with E-state index >= 15 is 0 Å². The van der Waals surface area contributed by atoms with Crippen LogP contribution in [0.5, 0.6) is 0 Å². The SMILES string of the molecule is C=CCCC(=O)OC[C@H](NC(=O)[C@@H]1[C@@H]2CC[C@]3(O2)[C@H](C(=O)N(CC=C)CCN2CCOCC2)N([C@@H](CO)[C@@H](C)CC)C(=O)[C@@H]13)c1ccccc1. The lowest BCUT2D eigenvalue weighted by atomic mass is 9.70. The number of morpholine rings is 1. The number of amides is 3. The molecule has 1 aromatic rings. The maximum Gasteiger partial charge on any atom is 0.306 e. The highest BCUT2D eigenvalue weighted by Crippen LogP contribution is 2.59. The molecular formula is C38H54N4O8. The van der Waals surface area contributed by atoms with Gasteiger partial charge in [0.05, 0.1) is 49.8 Å². The van der Waals surface area contributed by atoms with Crippen molar-refractivity contribution in [2.24, 2.45) is 17.8 Å². The maximum absolute atomic E-state index is 14.8. The average molecular weight is 695 g/mol. The lowest BCUT2D eigenvalue weighted by Crippen LogP contribution is -2.60. The first-order valence-corrected chi connectivity index (χ1v) is 18.1. The first-order chi connectivity index (χ1) is 24.2. The van der Waals surface area contributed by atoms with Gasteiger partial charge in [0.15, 0.2) is 0 Å². The monoisotopic (exact) mass is 694 g/mol. The minimum absolute atomic E-state index is 0.0821. The molecule has 4 heterocycles. The molecule has 12 nitrogen and oxygen atoms in total. The molecule has 0 aliphatic carbocycles. The summed E-state index contributed by atoms with van der Waals surface area (Å²) < 4.78 is 17.8. The van der Waals surface area contributed by atoms with Gasteiger partial charge in [0.25, 0.3) is 0 Å². The van der Waals surface area contributed by atoms with Crippen LogP contribution in [0.15, 0.2) is 55.6 Å². The van der Waals surface area contributed by atoms with E-state index in [1.807, 2.05) is 44.2 Å². The van der Waals surface area contributed by atoms with Gasteiger partial charge in [0.1, 0.15) is 18.2 Å². The molecule has 274 valence electrons. The Morgan fingerprint density at radius 1 is 1.18 bits per heavy atom. The predicted octanol–water partition coefficient (Wildman–Crippen LogP) is 2.48. The Balaban J connectivity index is 1.44. The number of allylic oxidation sites excluding steroid dienone is 1. The van der Waals surface area contributed by atoms with E-state index in [1.165, 1.54) is 0 Å². The van der Waals surface area contributed by atoms with Crippen LogP contribution in [-0.4, -0.2) is 126 Å². The Kier molecular flexibility index (Phi) is 12.9. The molecule has 2 bridgehead atoms. The Morgan fingerprint density at radius 2 is 1.92 bits per heavy atom. The second-order valence-electron chi connectivity index (χ2n) is 13.9. The number of nitrogens with zero attached hydrogens (tertiary/aromatic N) is 3. The first-order valence-electron chi connectivity index (χ1n) is 18.1. The van der Waals surface area contributed by atoms with E-state index in [2.05, 4.69) is 23.4 Å². The Hall–Kier alpha value is -3.58. The zero-order chi connectivity index (χ0) is 35.8. The van der Waals surface area contributed by atoms with Gasteiger partial charge < -0.3 is 34.4 Å². The molecule has 5 rings (SSSR count). The Morgan fingerprint density at radius 3 is 2.58 bits per heavy atom. The molecule has 50 heavy (non-hydrogen) atoms. The molecule has 0 aromatic heterocycles. The smallest absolute Gasteiger partial charge is 0.306 e. The van der Waals surface area contributed by atoms with Crippen LogP contribution >= 0.6 is 0 Å². The van der Waals surface area contributed by atoms with Gasteiger partial charge in [-0.1, -0.05) is 62.8 Å². The number of hydrogen-bond acceptors (Lipinski definition) is 9. The molecular weight excluding hydrogens is 640 g/mol. The number of rotatable bonds is 18. The third kappa shape index (κ3) is 7.68. The highest BCUT2D eigenvalue weighted by molar-refractivity contribution is 5.99. The van der Waals surface area contributed by atoms with Crippen molar-refractivity contribution < 1.29 is 38.5 Å². The second kappa shape index (κ2) is 17.1. The molecule has 1 spiro atoms. The summed E-state index contributed by atoms with van der Waals surface area (Å²) in [6.07, 6.45) is 5.05. The molecule has 0 unspecified atom stereocenters. The summed E-state index contributed by atoms with van der Waals surface area (Å²) in [5.74, 6) is -3.28. The molecule has 4 fully saturated rings. The van der Waals surface area contributed by atoms with E-state index in [1.54, 1.807) is 22.0 Å². The highest BCUT2D eigenvalue weighted by Gasteiger charge is 2.75. The van der Waals surface area contributed by atoms with Crippen LogP contribution in [0.4, 0.5) is 0 Å². The first kappa shape index (κ1) is 37.7. The topological polar surface area (TPSA) is 138 Å². The van der Waals surface area contributed by atoms with E-state index in [-0.39, 0.29) is 43.9 Å². The molecule has 4 aliphatic heterocycles. The number of carbonyl (C=O) groups is 4. The van der Waals surface area contributed by atoms with E-state index in [0.29, 0.717) is 52.0 Å². The number of carbonyl (C=O) groups excluding carboxylic acids is 4. The number of hydrogen-bond donors (Lipinski definition) is 2. The summed E-state index contributed by atoms with van der Waals surface area (Å²) in [5, 5.41) is 13.8. The van der Waals surface area contributed by atoms with Gasteiger partial charge in [0, 0.05) is 39.1 Å². The minimum Gasteiger partial charge on any atom is -0.463 e. The van der Waals surface area contributed by atoms with E-state index in [4.69, 9.17) is 14.2 Å². The number of nitrogens with one attached hydrogen (secondary N) is 1. The molecule has 0 saturated carbocycles. The van der Waals surface area contributed by atoms with Crippen molar-refractivity contribution in [1.82, 2.24) is 20.0 Å². The normalized spacial score (nSPS) is 27.7. The van der Waals surface area contributed by atoms with Crippen molar-refractivity contribution in [3.63, 3.8) is 0 Å². The minimum atomic E-state index is -1.22. The predicted molar refractivity (Wildman–Crippen MR) is 187 cm³/mol. The van der Waals surface area contributed by atoms with E-state index < -0.39 is 53.5 Å². The fourth-order valence-corrected chi connectivity index (χ4v) is 8.19. The Bertz CT molecular complexity index is 1370. The zero-order valence-electron chi connectivity index (χ0n) is 29.5. The second-order valence-corrected chi connectivity index (χ2v) is 13.9. The van der Waals surface area contributed by atoms with Crippen molar-refractivity contribution in [1.29, 1.82) is 0 Å². The van der Waals surface area contributed by atoms with Crippen LogP contribution < -0.4 is 5.32 Å². The van der Waals surface area contributed by atoms with Crippen LogP contribution in [0, 0.1) is 17.8 Å². The molecule has 0 radical (unpaired) electrons. The number of aliphatic hydroxyl groups is 1. The van der Waals surface area contributed by atoms with Crippen molar-refractivity contribution in [3.05, 3.63) is 61.2 Å². The van der Waals surface area contributed by atoms with Crippen molar-refractivity contribution in [3.8, 4) is 0 Å². The number of benzene rings is 1. The molecule has 4 aliphatic rings. The lowest BCUT2D eigenvalue weighted by molar-refractivity contribution is -0.152. The third-order valence-electron chi connectivity index (χ3n) is 11.1. The summed E-state index contributed by atoms with van der Waals surface area (Å²) in [7, 11) is 0. The largest absolute Gasteiger partial charge is 0.463 e. The summed E-state index contributed by atoms with van der Waals surface area (Å²) >= 11 is 0. The summed E-state index contributed by atoms with van der Waals surface area (Å²) in [6.45, 7) is 15.3. The molecule has 2 N–H and O–H groups in total. The van der Waals surface area contributed by atoms with Crippen LogP contribution in [0.3, 0.4) is 0 Å². The fourth-order valence-electron chi connectivity index (χ4n) is 8.19. The fraction of sp³-hybridized carbons (Fsp3) is 0.632. The maximum atomic E-state index is 14.8. The van der Waals surface area contributed by atoms with Crippen molar-refractivity contribution in [2.75, 3.05) is 59.2 Å². The van der Waals surface area contributed by atoms with Crippen LogP contribution in [0.25, 0.3) is 0 Å². The van der Waals surface area contributed by atoms with E-state index in [0.717, 1.165) is 18.7 Å². The molecule has 8 atom stereocenters. The standard InChI is InChI=1S/C38H54N4O8/c1-5-8-14-31(44)49-25-28(27-12-10-9-11-13-27)39-35(45)32-30-15-16-38(50-30)33(32)36(46)42(29(24-43)26(4)7-3)34(38)37(47)41(17-6-2)19-18-40-20-22-48-23-21-40/h5-6,9-13,26,28-30,32-34,43H,1-2,7-8,14-25H2,3-4H3,(H,39,45)/t26-,28-,29-,30-,32+,33+,34-,38+/m0/s1. The van der Waals surface area contributed by atoms with Gasteiger partial charge >= 0.3 is 5.97 Å². The van der Waals surface area contributed by atoms with E-state index in [9.17, 15) is 24.3 Å². The Labute approximate surface area is 295 Å². The summed E-state index contributed by atoms with van der Waals surface area (Å²) in [6, 6.07) is 6.94. The molecule has 4 saturated heterocycles. The summed E-state index contributed by atoms with van der Waals surface area (Å²) in [4.78, 5) is 61.8. The average Bonchev–Trinajstić information content (AvgIpc) is 3.79. The van der Waals surface area contributed by atoms with Gasteiger partial charge in [-0.2, -0.15) is 0 Å². The number of likely N-dealkylation sites (tertiary alicyclic amines) is 1. The van der Waals surface area contributed by atoms with Crippen LogP contribution in [0.1, 0.15) is 57.6 Å². The van der Waals surface area contributed by atoms with Gasteiger partial charge in [0.2, 0.25) is 17.7 Å². The van der Waals surface area contributed by atoms with Gasteiger partial charge in [-0.25, -0.2) is 0 Å².